The van der Waals surface area contributed by atoms with Gasteiger partial charge in [0.25, 0.3) is 0 Å². The summed E-state index contributed by atoms with van der Waals surface area (Å²) in [6.45, 7) is 3.29. The molecule has 2 fully saturated rings. The van der Waals surface area contributed by atoms with Gasteiger partial charge < -0.3 is 4.90 Å². The van der Waals surface area contributed by atoms with E-state index in [1.54, 1.807) is 18.2 Å². The number of carbonyl (C=O) groups is 1. The minimum absolute atomic E-state index is 0.164. The van der Waals surface area contributed by atoms with E-state index in [9.17, 15) is 9.59 Å². The van der Waals surface area contributed by atoms with E-state index in [0.717, 1.165) is 36.9 Å². The van der Waals surface area contributed by atoms with Crippen molar-refractivity contribution < 1.29 is 9.18 Å². The predicted octanol–water partition coefficient (Wildman–Crippen LogP) is 4.13. The van der Waals surface area contributed by atoms with Crippen molar-refractivity contribution in [3.05, 3.63) is 69.1 Å². The highest BCUT2D eigenvalue weighted by molar-refractivity contribution is 6.31. The quantitative estimate of drug-likeness (QED) is 0.630. The van der Waals surface area contributed by atoms with Crippen LogP contribution >= 0.6 is 11.6 Å². The van der Waals surface area contributed by atoms with E-state index in [2.05, 4.69) is 10.2 Å². The van der Waals surface area contributed by atoms with Crippen LogP contribution in [0.2, 0.25) is 5.02 Å². The van der Waals surface area contributed by atoms with Crippen LogP contribution in [0.15, 0.2) is 41.2 Å². The number of halogens is 2. The molecule has 2 aliphatic rings. The first kappa shape index (κ1) is 20.9. The normalized spacial score (nSPS) is 18.3. The average Bonchev–Trinajstić information content (AvgIpc) is 3.43. The number of aromatic nitrogens is 3. The van der Waals surface area contributed by atoms with E-state index in [1.807, 2.05) is 24.0 Å². The first-order valence-electron chi connectivity index (χ1n) is 10.9. The number of hydrogen-bond acceptors (Lipinski definition) is 3. The Morgan fingerprint density at radius 1 is 1.19 bits per heavy atom. The fourth-order valence-electron chi connectivity index (χ4n) is 4.45. The zero-order valence-corrected chi connectivity index (χ0v) is 18.5. The number of hydrogen-bond donors (Lipinski definition) is 1. The lowest BCUT2D eigenvalue weighted by Crippen LogP contribution is -2.30. The molecule has 2 aromatic carbocycles. The zero-order valence-electron chi connectivity index (χ0n) is 17.8. The largest absolute Gasteiger partial charge is 0.348 e. The highest BCUT2D eigenvalue weighted by Crippen LogP contribution is 2.33. The number of likely N-dealkylation sites (tertiary alicyclic amines) is 1. The molecule has 1 aromatic heterocycles. The Morgan fingerprint density at radius 3 is 2.66 bits per heavy atom. The molecule has 0 unspecified atom stereocenters. The topological polar surface area (TPSA) is 71.0 Å². The molecule has 1 N–H and O–H groups in total. The van der Waals surface area contributed by atoms with Crippen molar-refractivity contribution in [3.63, 3.8) is 0 Å². The Hall–Kier alpha value is -2.93. The van der Waals surface area contributed by atoms with Crippen LogP contribution in [-0.4, -0.2) is 38.7 Å². The monoisotopic (exact) mass is 454 g/mol. The summed E-state index contributed by atoms with van der Waals surface area (Å²) >= 11 is 6.10. The van der Waals surface area contributed by atoms with Crippen LogP contribution in [0.5, 0.6) is 0 Å². The second-order valence-corrected chi connectivity index (χ2v) is 9.24. The summed E-state index contributed by atoms with van der Waals surface area (Å²) in [6.07, 6.45) is 3.34. The first-order chi connectivity index (χ1) is 15.4. The van der Waals surface area contributed by atoms with Crippen LogP contribution in [-0.2, 0) is 11.2 Å². The molecular formula is C24H24ClFN4O2. The van der Waals surface area contributed by atoms with Gasteiger partial charge in [-0.25, -0.2) is 18.9 Å². The van der Waals surface area contributed by atoms with E-state index in [1.165, 1.54) is 10.6 Å². The third kappa shape index (κ3) is 3.97. The lowest BCUT2D eigenvalue weighted by molar-refractivity contribution is -0.131. The van der Waals surface area contributed by atoms with E-state index < -0.39 is 11.5 Å². The molecule has 1 saturated carbocycles. The van der Waals surface area contributed by atoms with Gasteiger partial charge >= 0.3 is 5.69 Å². The lowest BCUT2D eigenvalue weighted by atomic mass is 10.0. The van der Waals surface area contributed by atoms with Crippen molar-refractivity contribution in [3.8, 4) is 16.8 Å². The molecule has 8 heteroatoms. The Kier molecular flexibility index (Phi) is 5.37. The number of nitrogens with one attached hydrogen (secondary N) is 1. The summed E-state index contributed by atoms with van der Waals surface area (Å²) in [5.74, 6) is 0.623. The van der Waals surface area contributed by atoms with Crippen LogP contribution in [0.3, 0.4) is 0 Å². The third-order valence-electron chi connectivity index (χ3n) is 6.42. The Balaban J connectivity index is 1.38. The van der Waals surface area contributed by atoms with Gasteiger partial charge in [-0.15, -0.1) is 0 Å². The number of aryl methyl sites for hydroxylation is 1. The first-order valence-corrected chi connectivity index (χ1v) is 11.3. The van der Waals surface area contributed by atoms with Gasteiger partial charge in [0.2, 0.25) is 5.91 Å². The molecule has 1 aliphatic heterocycles. The second kappa shape index (κ2) is 8.20. The molecule has 3 aromatic rings. The van der Waals surface area contributed by atoms with Crippen LogP contribution in [0, 0.1) is 24.6 Å². The summed E-state index contributed by atoms with van der Waals surface area (Å²) in [6, 6.07) is 10.3. The molecule has 0 bridgehead atoms. The molecule has 1 aliphatic carbocycles. The number of amides is 1. The SMILES string of the molecule is Cc1cc(-c2ccc(-n3c(C[C@@H]4CCN(C(=O)C5CC5)C4)n[nH]c3=O)c(F)c2)ccc1Cl. The minimum atomic E-state index is -0.503. The van der Waals surface area contributed by atoms with E-state index in [-0.39, 0.29) is 23.4 Å². The molecule has 32 heavy (non-hydrogen) atoms. The fraction of sp³-hybridized carbons (Fsp3) is 0.375. The van der Waals surface area contributed by atoms with Gasteiger partial charge in [0.1, 0.15) is 11.6 Å². The van der Waals surface area contributed by atoms with Crippen molar-refractivity contribution in [2.75, 3.05) is 13.1 Å². The Morgan fingerprint density at radius 2 is 1.94 bits per heavy atom. The molecule has 0 radical (unpaired) electrons. The standard InChI is InChI=1S/C24H24ClFN4O2/c1-14-10-17(4-6-19(14)25)18-5-7-21(20(26)12-18)30-22(27-28-24(30)32)11-15-8-9-29(13-15)23(31)16-2-3-16/h4-7,10,12,15-16H,2-3,8-9,11,13H2,1H3,(H,28,32)/t15-/m0/s1. The Labute approximate surface area is 190 Å². The van der Waals surface area contributed by atoms with E-state index >= 15 is 4.39 Å². The van der Waals surface area contributed by atoms with Gasteiger partial charge in [0.15, 0.2) is 0 Å². The zero-order chi connectivity index (χ0) is 22.4. The van der Waals surface area contributed by atoms with Crippen LogP contribution < -0.4 is 5.69 Å². The molecule has 6 nitrogen and oxygen atoms in total. The molecule has 1 amide bonds. The molecular weight excluding hydrogens is 431 g/mol. The maximum atomic E-state index is 15.1. The second-order valence-electron chi connectivity index (χ2n) is 8.83. The smallest absolute Gasteiger partial charge is 0.342 e. The van der Waals surface area contributed by atoms with Crippen molar-refractivity contribution in [1.29, 1.82) is 0 Å². The number of aromatic amines is 1. The molecule has 2 heterocycles. The van der Waals surface area contributed by atoms with Crippen molar-refractivity contribution >= 4 is 17.5 Å². The average molecular weight is 455 g/mol. The van der Waals surface area contributed by atoms with Crippen LogP contribution in [0.4, 0.5) is 4.39 Å². The number of nitrogens with zero attached hydrogens (tertiary/aromatic N) is 3. The van der Waals surface area contributed by atoms with Crippen LogP contribution in [0.1, 0.15) is 30.7 Å². The predicted molar refractivity (Wildman–Crippen MR) is 120 cm³/mol. The Bertz CT molecular complexity index is 1250. The summed E-state index contributed by atoms with van der Waals surface area (Å²) in [4.78, 5) is 26.7. The summed E-state index contributed by atoms with van der Waals surface area (Å²) < 4.78 is 16.4. The molecule has 166 valence electrons. The van der Waals surface area contributed by atoms with Crippen LogP contribution in [0.25, 0.3) is 16.8 Å². The van der Waals surface area contributed by atoms with E-state index in [0.29, 0.717) is 29.4 Å². The van der Waals surface area contributed by atoms with Crippen molar-refractivity contribution in [1.82, 2.24) is 19.7 Å². The highest BCUT2D eigenvalue weighted by atomic mass is 35.5. The van der Waals surface area contributed by atoms with Crippen molar-refractivity contribution in [2.24, 2.45) is 11.8 Å². The number of H-pyrrole nitrogens is 1. The van der Waals surface area contributed by atoms with Gasteiger partial charge in [0.05, 0.1) is 5.69 Å². The summed E-state index contributed by atoms with van der Waals surface area (Å²) in [5.41, 5.74) is 2.15. The highest BCUT2D eigenvalue weighted by Gasteiger charge is 2.37. The fourth-order valence-corrected chi connectivity index (χ4v) is 4.57. The maximum Gasteiger partial charge on any atom is 0.348 e. The van der Waals surface area contributed by atoms with Crippen molar-refractivity contribution in [2.45, 2.75) is 32.6 Å². The maximum absolute atomic E-state index is 15.1. The summed E-state index contributed by atoms with van der Waals surface area (Å²) in [7, 11) is 0. The number of rotatable bonds is 5. The number of carbonyl (C=O) groups excluding carboxylic acids is 1. The van der Waals surface area contributed by atoms with Gasteiger partial charge in [0, 0.05) is 30.5 Å². The summed E-state index contributed by atoms with van der Waals surface area (Å²) in [5, 5.41) is 7.27. The number of benzene rings is 2. The third-order valence-corrected chi connectivity index (χ3v) is 6.84. The van der Waals surface area contributed by atoms with Gasteiger partial charge in [-0.05, 0) is 73.1 Å². The molecule has 5 rings (SSSR count). The van der Waals surface area contributed by atoms with Gasteiger partial charge in [-0.2, -0.15) is 5.10 Å². The molecule has 0 spiro atoms. The van der Waals surface area contributed by atoms with Gasteiger partial charge in [-0.1, -0.05) is 23.7 Å². The molecule has 1 saturated heterocycles. The van der Waals surface area contributed by atoms with Gasteiger partial charge in [-0.3, -0.25) is 4.79 Å². The molecule has 1 atom stereocenters. The lowest BCUT2D eigenvalue weighted by Gasteiger charge is -2.16. The minimum Gasteiger partial charge on any atom is -0.342 e. The van der Waals surface area contributed by atoms with E-state index in [4.69, 9.17) is 11.6 Å².